The lowest BCUT2D eigenvalue weighted by Crippen LogP contribution is -2.45. The zero-order valence-electron chi connectivity index (χ0n) is 46.3. The summed E-state index contributed by atoms with van der Waals surface area (Å²) in [6.45, 7) is 4.89. The fourth-order valence-electron chi connectivity index (χ4n) is 9.43. The normalized spacial score (nSPS) is 12.8. The fraction of sp³-hybridized carbons (Fsp3) is 0.873. The predicted molar refractivity (Wildman–Crippen MR) is 301 cm³/mol. The Morgan fingerprint density at radius 2 is 0.725 bits per heavy atom. The monoisotopic (exact) mass is 970 g/mol. The molecule has 2 atom stereocenters. The third kappa shape index (κ3) is 55.2. The van der Waals surface area contributed by atoms with Gasteiger partial charge in [0.05, 0.1) is 25.4 Å². The summed E-state index contributed by atoms with van der Waals surface area (Å²) in [7, 11) is 0. The van der Waals surface area contributed by atoms with Gasteiger partial charge in [-0.1, -0.05) is 288 Å². The van der Waals surface area contributed by atoms with Crippen molar-refractivity contribution in [2.24, 2.45) is 0 Å². The van der Waals surface area contributed by atoms with Crippen LogP contribution in [0.25, 0.3) is 0 Å². The van der Waals surface area contributed by atoms with Gasteiger partial charge >= 0.3 is 5.97 Å². The first-order valence-electron chi connectivity index (χ1n) is 30.8. The van der Waals surface area contributed by atoms with Gasteiger partial charge in [-0.15, -0.1) is 0 Å². The zero-order chi connectivity index (χ0) is 50.0. The number of carbonyl (C=O) groups excluding carboxylic acids is 2. The average molecular weight is 971 g/mol. The molecule has 0 aliphatic heterocycles. The Bertz CT molecular complexity index is 1120. The minimum Gasteiger partial charge on any atom is -0.466 e. The molecule has 0 spiro atoms. The molecule has 2 unspecified atom stereocenters. The molecule has 0 radical (unpaired) electrons. The van der Waals surface area contributed by atoms with Crippen LogP contribution in [-0.2, 0) is 14.3 Å². The van der Waals surface area contributed by atoms with Crippen LogP contribution in [0.15, 0.2) is 36.5 Å². The van der Waals surface area contributed by atoms with Crippen molar-refractivity contribution in [3.05, 3.63) is 36.5 Å². The molecule has 0 aromatic carbocycles. The lowest BCUT2D eigenvalue weighted by atomic mass is 10.0. The summed E-state index contributed by atoms with van der Waals surface area (Å²) in [5.41, 5.74) is 0. The topological polar surface area (TPSA) is 95.9 Å². The van der Waals surface area contributed by atoms with Gasteiger partial charge < -0.3 is 20.3 Å². The summed E-state index contributed by atoms with van der Waals surface area (Å²) in [6, 6.07) is -0.634. The molecule has 0 saturated carbocycles. The van der Waals surface area contributed by atoms with Crippen LogP contribution in [0.2, 0.25) is 0 Å². The summed E-state index contributed by atoms with van der Waals surface area (Å²) >= 11 is 0. The Kier molecular flexibility index (Phi) is 57.0. The Labute approximate surface area is 430 Å². The molecule has 0 fully saturated rings. The second kappa shape index (κ2) is 58.6. The summed E-state index contributed by atoms with van der Waals surface area (Å²) in [4.78, 5) is 24.5. The molecule has 1 amide bonds. The Morgan fingerprint density at radius 1 is 0.406 bits per heavy atom. The number of ether oxygens (including phenoxy) is 1. The minimum atomic E-state index is -0.849. The fourth-order valence-corrected chi connectivity index (χ4v) is 9.43. The highest BCUT2D eigenvalue weighted by atomic mass is 16.5. The Morgan fingerprint density at radius 3 is 1.10 bits per heavy atom. The first-order chi connectivity index (χ1) is 34.0. The van der Waals surface area contributed by atoms with Crippen molar-refractivity contribution in [3.63, 3.8) is 0 Å². The first kappa shape index (κ1) is 67.1. The molecule has 0 bridgehead atoms. The molecule has 0 heterocycles. The van der Waals surface area contributed by atoms with Crippen LogP contribution in [0.5, 0.6) is 0 Å². The van der Waals surface area contributed by atoms with E-state index in [0.717, 1.165) is 57.8 Å². The van der Waals surface area contributed by atoms with E-state index in [0.29, 0.717) is 19.4 Å². The van der Waals surface area contributed by atoms with E-state index in [1.165, 1.54) is 244 Å². The third-order valence-electron chi connectivity index (χ3n) is 14.2. The number of carbonyl (C=O) groups is 2. The molecule has 0 aromatic heterocycles. The van der Waals surface area contributed by atoms with E-state index in [1.54, 1.807) is 6.08 Å². The van der Waals surface area contributed by atoms with Crippen LogP contribution in [0, 0.1) is 0 Å². The molecular formula is C63H119NO5. The molecule has 6 nitrogen and oxygen atoms in total. The van der Waals surface area contributed by atoms with Crippen LogP contribution in [0.4, 0.5) is 0 Å². The molecule has 0 saturated heterocycles. The summed E-state index contributed by atoms with van der Waals surface area (Å²) in [5, 5.41) is 23.0. The molecule has 0 aliphatic rings. The van der Waals surface area contributed by atoms with Crippen LogP contribution in [-0.4, -0.2) is 47.4 Å². The van der Waals surface area contributed by atoms with Crippen LogP contribution in [0.1, 0.15) is 328 Å². The predicted octanol–water partition coefficient (Wildman–Crippen LogP) is 19.2. The van der Waals surface area contributed by atoms with E-state index in [4.69, 9.17) is 4.74 Å². The molecule has 0 rings (SSSR count). The number of aliphatic hydroxyl groups excluding tert-OH is 2. The number of allylic oxidation sites excluding steroid dienone is 5. The lowest BCUT2D eigenvalue weighted by molar-refractivity contribution is -0.143. The minimum absolute atomic E-state index is 0.0111. The summed E-state index contributed by atoms with van der Waals surface area (Å²) in [6.07, 6.45) is 73.4. The Balaban J connectivity index is 3.41. The molecular weight excluding hydrogens is 851 g/mol. The van der Waals surface area contributed by atoms with Crippen molar-refractivity contribution in [1.29, 1.82) is 0 Å². The number of esters is 1. The number of hydrogen-bond acceptors (Lipinski definition) is 5. The highest BCUT2D eigenvalue weighted by Crippen LogP contribution is 2.17. The van der Waals surface area contributed by atoms with Gasteiger partial charge in [-0.2, -0.15) is 0 Å². The Hall–Kier alpha value is -1.92. The molecule has 69 heavy (non-hydrogen) atoms. The maximum Gasteiger partial charge on any atom is 0.305 e. The van der Waals surface area contributed by atoms with Crippen molar-refractivity contribution < 1.29 is 24.5 Å². The number of rotatable bonds is 57. The highest BCUT2D eigenvalue weighted by molar-refractivity contribution is 5.76. The van der Waals surface area contributed by atoms with Crippen molar-refractivity contribution in [3.8, 4) is 0 Å². The van der Waals surface area contributed by atoms with E-state index in [2.05, 4.69) is 43.5 Å². The van der Waals surface area contributed by atoms with Crippen molar-refractivity contribution in [2.75, 3.05) is 13.2 Å². The van der Waals surface area contributed by atoms with E-state index < -0.39 is 12.1 Å². The SMILES string of the molecule is CCCCCCCCCC/C=C/C(O)C(CO)NC(=O)CCCCCCCCC/C=C\C/C=C\CCCCCCCCCCCOC(=O)CCCCCCCCCCCCCCCCCCCCC. The molecule has 6 heteroatoms. The van der Waals surface area contributed by atoms with Crippen molar-refractivity contribution in [2.45, 2.75) is 341 Å². The van der Waals surface area contributed by atoms with Gasteiger partial charge in [-0.25, -0.2) is 0 Å². The first-order valence-corrected chi connectivity index (χ1v) is 30.8. The number of amides is 1. The van der Waals surface area contributed by atoms with Crippen LogP contribution >= 0.6 is 0 Å². The van der Waals surface area contributed by atoms with Gasteiger partial charge in [0, 0.05) is 12.8 Å². The van der Waals surface area contributed by atoms with Crippen molar-refractivity contribution >= 4 is 11.9 Å². The largest absolute Gasteiger partial charge is 0.466 e. The number of aliphatic hydroxyl groups is 2. The zero-order valence-corrected chi connectivity index (χ0v) is 46.3. The van der Waals surface area contributed by atoms with E-state index in [1.807, 2.05) is 6.08 Å². The molecule has 0 aromatic rings. The van der Waals surface area contributed by atoms with Gasteiger partial charge in [-0.05, 0) is 64.2 Å². The molecule has 0 aliphatic carbocycles. The van der Waals surface area contributed by atoms with Crippen LogP contribution < -0.4 is 5.32 Å². The third-order valence-corrected chi connectivity index (χ3v) is 14.2. The van der Waals surface area contributed by atoms with E-state index >= 15 is 0 Å². The van der Waals surface area contributed by atoms with E-state index in [-0.39, 0.29) is 18.5 Å². The lowest BCUT2D eigenvalue weighted by Gasteiger charge is -2.20. The number of unbranched alkanes of at least 4 members (excludes halogenated alkanes) is 42. The maximum atomic E-state index is 12.4. The standard InChI is InChI=1S/C63H119NO5/c1-3-5-7-9-11-13-15-16-17-18-24-28-31-34-37-41-45-49-53-57-63(68)69-58-54-50-46-42-38-35-32-29-26-23-21-19-20-22-25-27-30-33-36-40-44-48-52-56-62(67)64-60(59-65)61(66)55-51-47-43-39-14-12-10-8-6-4-2/h19,21-22,25,51,55,60-61,65-66H,3-18,20,23-24,26-50,52-54,56-59H2,1-2H3,(H,64,67)/b21-19-,25-22-,55-51+. The molecule has 406 valence electrons. The van der Waals surface area contributed by atoms with Gasteiger partial charge in [0.15, 0.2) is 0 Å². The smallest absolute Gasteiger partial charge is 0.305 e. The summed E-state index contributed by atoms with van der Waals surface area (Å²) < 4.78 is 5.50. The van der Waals surface area contributed by atoms with E-state index in [9.17, 15) is 19.8 Å². The molecule has 3 N–H and O–H groups in total. The second-order valence-electron chi connectivity index (χ2n) is 21.0. The second-order valence-corrected chi connectivity index (χ2v) is 21.0. The maximum absolute atomic E-state index is 12.4. The highest BCUT2D eigenvalue weighted by Gasteiger charge is 2.18. The number of nitrogens with one attached hydrogen (secondary N) is 1. The van der Waals surface area contributed by atoms with Gasteiger partial charge in [0.1, 0.15) is 0 Å². The summed E-state index contributed by atoms with van der Waals surface area (Å²) in [5.74, 6) is -0.0691. The van der Waals surface area contributed by atoms with Gasteiger partial charge in [0.2, 0.25) is 5.91 Å². The average Bonchev–Trinajstić information content (AvgIpc) is 3.35. The van der Waals surface area contributed by atoms with Crippen LogP contribution in [0.3, 0.4) is 0 Å². The van der Waals surface area contributed by atoms with Crippen molar-refractivity contribution in [1.82, 2.24) is 5.32 Å². The quantitative estimate of drug-likeness (QED) is 0.0321. The van der Waals surface area contributed by atoms with Gasteiger partial charge in [-0.3, -0.25) is 9.59 Å². The number of hydrogen-bond donors (Lipinski definition) is 3. The van der Waals surface area contributed by atoms with Gasteiger partial charge in [0.25, 0.3) is 0 Å².